The van der Waals surface area contributed by atoms with Crippen LogP contribution in [0, 0.1) is 11.7 Å². The molecule has 1 saturated heterocycles. The first-order valence-corrected chi connectivity index (χ1v) is 9.33. The quantitative estimate of drug-likeness (QED) is 0.823. The van der Waals surface area contributed by atoms with Crippen molar-refractivity contribution >= 4 is 15.7 Å². The van der Waals surface area contributed by atoms with E-state index in [1.54, 1.807) is 4.90 Å². The van der Waals surface area contributed by atoms with Gasteiger partial charge in [0.1, 0.15) is 11.1 Å². The lowest BCUT2D eigenvalue weighted by Gasteiger charge is -2.34. The van der Waals surface area contributed by atoms with E-state index in [0.29, 0.717) is 19.0 Å². The summed E-state index contributed by atoms with van der Waals surface area (Å²) in [5.74, 6) is -0.539. The normalized spacial score (nSPS) is 20.3. The Hall–Kier alpha value is -1.47. The molecule has 0 aromatic heterocycles. The highest BCUT2D eigenvalue weighted by molar-refractivity contribution is 7.92. The fourth-order valence-corrected chi connectivity index (χ4v) is 4.28. The summed E-state index contributed by atoms with van der Waals surface area (Å²) in [5, 5.41) is 1.93. The van der Waals surface area contributed by atoms with Crippen molar-refractivity contribution in [3.8, 4) is 0 Å². The average Bonchev–Trinajstić information content (AvgIpc) is 2.54. The van der Waals surface area contributed by atoms with Crippen molar-refractivity contribution in [1.82, 2.24) is 10.2 Å². The van der Waals surface area contributed by atoms with Gasteiger partial charge in [-0.25, -0.2) is 12.8 Å². The summed E-state index contributed by atoms with van der Waals surface area (Å²) in [6, 6.07) is 4.59. The van der Waals surface area contributed by atoms with E-state index in [-0.39, 0.29) is 10.8 Å². The van der Waals surface area contributed by atoms with Crippen molar-refractivity contribution in [3.05, 3.63) is 30.1 Å². The highest BCUT2D eigenvalue weighted by Crippen LogP contribution is 2.21. The Bertz CT molecular complexity index is 644. The molecular weight excluding hydrogens is 319 g/mol. The van der Waals surface area contributed by atoms with Gasteiger partial charge in [0.05, 0.1) is 4.90 Å². The van der Waals surface area contributed by atoms with Gasteiger partial charge < -0.3 is 10.2 Å². The lowest BCUT2D eigenvalue weighted by Crippen LogP contribution is -2.47. The van der Waals surface area contributed by atoms with Gasteiger partial charge in [-0.05, 0) is 63.5 Å². The SMILES string of the molecule is CNCC1CCCN(C(=O)C(C)S(=O)(=O)c2ccc(F)cc2)C1. The van der Waals surface area contributed by atoms with Crippen molar-refractivity contribution in [1.29, 1.82) is 0 Å². The Morgan fingerprint density at radius 3 is 2.65 bits per heavy atom. The third kappa shape index (κ3) is 4.09. The van der Waals surface area contributed by atoms with Crippen LogP contribution in [0.4, 0.5) is 4.39 Å². The summed E-state index contributed by atoms with van der Waals surface area (Å²) < 4.78 is 38.1. The lowest BCUT2D eigenvalue weighted by molar-refractivity contribution is -0.132. The number of hydrogen-bond acceptors (Lipinski definition) is 4. The fourth-order valence-electron chi connectivity index (χ4n) is 2.94. The Morgan fingerprint density at radius 2 is 2.04 bits per heavy atom. The second kappa shape index (κ2) is 7.40. The number of nitrogens with one attached hydrogen (secondary N) is 1. The maximum atomic E-state index is 13.0. The minimum atomic E-state index is -3.81. The largest absolute Gasteiger partial charge is 0.341 e. The van der Waals surface area contributed by atoms with E-state index in [9.17, 15) is 17.6 Å². The molecule has 0 radical (unpaired) electrons. The molecule has 1 N–H and O–H groups in total. The van der Waals surface area contributed by atoms with Crippen molar-refractivity contribution in [2.75, 3.05) is 26.7 Å². The molecule has 1 fully saturated rings. The number of rotatable bonds is 5. The zero-order valence-electron chi connectivity index (χ0n) is 13.5. The standard InChI is InChI=1S/C16H23FN2O3S/c1-12(23(21,22)15-7-5-14(17)6-8-15)16(20)19-9-3-4-13(11-19)10-18-2/h5-8,12-13,18H,3-4,9-11H2,1-2H3. The molecule has 1 heterocycles. The summed E-state index contributed by atoms with van der Waals surface area (Å²) in [5.41, 5.74) is 0. The fraction of sp³-hybridized carbons (Fsp3) is 0.562. The Morgan fingerprint density at radius 1 is 1.39 bits per heavy atom. The maximum absolute atomic E-state index is 13.0. The van der Waals surface area contributed by atoms with Crippen molar-refractivity contribution in [2.45, 2.75) is 29.9 Å². The van der Waals surface area contributed by atoms with Gasteiger partial charge in [-0.3, -0.25) is 4.79 Å². The third-order valence-corrected chi connectivity index (χ3v) is 6.34. The second-order valence-corrected chi connectivity index (χ2v) is 8.26. The molecule has 1 amide bonds. The van der Waals surface area contributed by atoms with Crippen LogP contribution >= 0.6 is 0 Å². The van der Waals surface area contributed by atoms with E-state index in [0.717, 1.165) is 31.5 Å². The first kappa shape index (κ1) is 17.9. The summed E-state index contributed by atoms with van der Waals surface area (Å²) in [6.45, 7) is 3.37. The Balaban J connectivity index is 2.13. The van der Waals surface area contributed by atoms with Gasteiger partial charge in [0, 0.05) is 13.1 Å². The minimum absolute atomic E-state index is 0.0245. The number of likely N-dealkylation sites (tertiary alicyclic amines) is 1. The molecule has 1 aliphatic heterocycles. The number of nitrogens with zero attached hydrogens (tertiary/aromatic N) is 1. The smallest absolute Gasteiger partial charge is 0.241 e. The molecule has 0 spiro atoms. The zero-order chi connectivity index (χ0) is 17.0. The summed E-state index contributed by atoms with van der Waals surface area (Å²) in [4.78, 5) is 14.2. The number of piperidine rings is 1. The van der Waals surface area contributed by atoms with E-state index in [1.807, 2.05) is 7.05 Å². The molecule has 0 aliphatic carbocycles. The molecule has 0 saturated carbocycles. The zero-order valence-corrected chi connectivity index (χ0v) is 14.3. The molecule has 2 unspecified atom stereocenters. The van der Waals surface area contributed by atoms with Crippen LogP contribution in [0.2, 0.25) is 0 Å². The summed E-state index contributed by atoms with van der Waals surface area (Å²) >= 11 is 0. The van der Waals surface area contributed by atoms with Crippen LogP contribution in [0.25, 0.3) is 0 Å². The molecule has 0 bridgehead atoms. The van der Waals surface area contributed by atoms with E-state index < -0.39 is 20.9 Å². The minimum Gasteiger partial charge on any atom is -0.341 e. The number of sulfone groups is 1. The number of amides is 1. The number of carbonyl (C=O) groups excluding carboxylic acids is 1. The van der Waals surface area contributed by atoms with Crippen LogP contribution in [0.1, 0.15) is 19.8 Å². The molecule has 7 heteroatoms. The predicted molar refractivity (Wildman–Crippen MR) is 86.3 cm³/mol. The highest BCUT2D eigenvalue weighted by atomic mass is 32.2. The number of carbonyl (C=O) groups is 1. The maximum Gasteiger partial charge on any atom is 0.241 e. The van der Waals surface area contributed by atoms with E-state index in [2.05, 4.69) is 5.32 Å². The van der Waals surface area contributed by atoms with Gasteiger partial charge in [0.25, 0.3) is 0 Å². The molecule has 128 valence electrons. The van der Waals surface area contributed by atoms with Gasteiger partial charge in [0.2, 0.25) is 5.91 Å². The van der Waals surface area contributed by atoms with Crippen molar-refractivity contribution in [3.63, 3.8) is 0 Å². The average molecular weight is 342 g/mol. The molecule has 1 aliphatic rings. The first-order chi connectivity index (χ1) is 10.9. The van der Waals surface area contributed by atoms with Crippen LogP contribution in [0.5, 0.6) is 0 Å². The van der Waals surface area contributed by atoms with Gasteiger partial charge >= 0.3 is 0 Å². The van der Waals surface area contributed by atoms with Gasteiger partial charge in [-0.1, -0.05) is 0 Å². The van der Waals surface area contributed by atoms with Gasteiger partial charge in [-0.2, -0.15) is 0 Å². The van der Waals surface area contributed by atoms with Crippen LogP contribution in [0.3, 0.4) is 0 Å². The van der Waals surface area contributed by atoms with Crippen LogP contribution < -0.4 is 5.32 Å². The van der Waals surface area contributed by atoms with E-state index in [1.165, 1.54) is 19.1 Å². The van der Waals surface area contributed by atoms with Gasteiger partial charge in [0.15, 0.2) is 9.84 Å². The topological polar surface area (TPSA) is 66.5 Å². The van der Waals surface area contributed by atoms with Crippen LogP contribution in [-0.4, -0.2) is 51.2 Å². The van der Waals surface area contributed by atoms with Crippen LogP contribution in [-0.2, 0) is 14.6 Å². The van der Waals surface area contributed by atoms with Crippen molar-refractivity contribution in [2.24, 2.45) is 5.92 Å². The number of halogens is 1. The highest BCUT2D eigenvalue weighted by Gasteiger charge is 2.34. The summed E-state index contributed by atoms with van der Waals surface area (Å²) in [6.07, 6.45) is 1.91. The number of hydrogen-bond donors (Lipinski definition) is 1. The Labute approximate surface area is 136 Å². The third-order valence-electron chi connectivity index (χ3n) is 4.28. The summed E-state index contributed by atoms with van der Waals surface area (Å²) in [7, 11) is -1.94. The molecule has 5 nitrogen and oxygen atoms in total. The van der Waals surface area contributed by atoms with E-state index in [4.69, 9.17) is 0 Å². The van der Waals surface area contributed by atoms with E-state index >= 15 is 0 Å². The Kier molecular flexibility index (Phi) is 5.75. The molecule has 1 aromatic rings. The molecule has 2 atom stereocenters. The lowest BCUT2D eigenvalue weighted by atomic mass is 9.98. The monoisotopic (exact) mass is 342 g/mol. The molecule has 1 aromatic carbocycles. The second-order valence-electron chi connectivity index (χ2n) is 5.99. The molecule has 2 rings (SSSR count). The molecule has 23 heavy (non-hydrogen) atoms. The predicted octanol–water partition coefficient (Wildman–Crippen LogP) is 1.45. The first-order valence-electron chi connectivity index (χ1n) is 7.79. The molecular formula is C16H23FN2O3S. The van der Waals surface area contributed by atoms with Gasteiger partial charge in [-0.15, -0.1) is 0 Å². The van der Waals surface area contributed by atoms with Crippen LogP contribution in [0.15, 0.2) is 29.2 Å². The van der Waals surface area contributed by atoms with Crippen molar-refractivity contribution < 1.29 is 17.6 Å². The number of benzene rings is 1.